The minimum absolute atomic E-state index is 0.152. The first-order valence-corrected chi connectivity index (χ1v) is 11.9. The van der Waals surface area contributed by atoms with Crippen molar-refractivity contribution in [1.29, 1.82) is 0 Å². The second-order valence-electron chi connectivity index (χ2n) is 7.85. The lowest BCUT2D eigenvalue weighted by atomic mass is 9.83. The van der Waals surface area contributed by atoms with E-state index in [2.05, 4.69) is 15.0 Å². The number of ether oxygens (including phenoxy) is 1. The maximum absolute atomic E-state index is 11.6. The van der Waals surface area contributed by atoms with Crippen molar-refractivity contribution in [3.63, 3.8) is 0 Å². The van der Waals surface area contributed by atoms with Crippen molar-refractivity contribution in [2.75, 3.05) is 5.73 Å². The summed E-state index contributed by atoms with van der Waals surface area (Å²) in [5.41, 5.74) is 4.65. The average Bonchev–Trinajstić information content (AvgIpc) is 3.24. The monoisotopic (exact) mass is 459 g/mol. The molecule has 2 aromatic rings. The Hall–Kier alpha value is -1.66. The summed E-state index contributed by atoms with van der Waals surface area (Å²) in [6, 6.07) is 0. The van der Waals surface area contributed by atoms with Gasteiger partial charge in [-0.05, 0) is 12.8 Å². The Morgan fingerprint density at radius 1 is 1.29 bits per heavy atom. The summed E-state index contributed by atoms with van der Waals surface area (Å²) >= 11 is 0. The third kappa shape index (κ3) is 4.90. The van der Waals surface area contributed by atoms with Crippen LogP contribution in [0.3, 0.4) is 0 Å². The van der Waals surface area contributed by atoms with Crippen LogP contribution in [0.1, 0.15) is 58.6 Å². The van der Waals surface area contributed by atoms with Crippen molar-refractivity contribution in [2.45, 2.75) is 82.5 Å². The molecule has 0 unspecified atom stereocenters. The first kappa shape index (κ1) is 24.0. The van der Waals surface area contributed by atoms with Crippen LogP contribution in [0.15, 0.2) is 12.7 Å². The number of hydrogen-bond acceptors (Lipinski definition) is 9. The van der Waals surface area contributed by atoms with Gasteiger partial charge in [-0.3, -0.25) is 9.09 Å². The SMILES string of the molecule is CCCC[C@@H](OP(=O)(O)O)[C@H]1O[C@@H](n2cnc3c(N)ncnc32)[C@H](O)[C@@]1(O)CCCC. The number of hydrogen-bond donors (Lipinski definition) is 5. The largest absolute Gasteiger partial charge is 0.469 e. The molecule has 0 radical (unpaired) electrons. The lowest BCUT2D eigenvalue weighted by Gasteiger charge is -2.35. The van der Waals surface area contributed by atoms with Crippen molar-refractivity contribution < 1.29 is 33.8 Å². The van der Waals surface area contributed by atoms with Crippen LogP contribution in [0.4, 0.5) is 5.82 Å². The zero-order chi connectivity index (χ0) is 22.8. The van der Waals surface area contributed by atoms with Gasteiger partial charge in [-0.15, -0.1) is 0 Å². The van der Waals surface area contributed by atoms with E-state index in [4.69, 9.17) is 15.0 Å². The molecule has 3 heterocycles. The standard InChI is InChI=1S/C18H30N5O7P/c1-3-5-7-11(30-31(26,27)28)14-18(25,8-6-4-2)13(24)17(29-14)23-10-22-12-15(19)20-9-21-16(12)23/h9-11,13-14,17,24-25H,3-8H2,1-2H3,(H2,19,20,21)(H2,26,27,28)/t11-,13+,14-,17-,18+/m1/s1. The summed E-state index contributed by atoms with van der Waals surface area (Å²) in [5.74, 6) is 0.152. The number of anilines is 1. The Bertz CT molecular complexity index is 937. The minimum atomic E-state index is -4.87. The van der Waals surface area contributed by atoms with Crippen molar-refractivity contribution in [2.24, 2.45) is 0 Å². The van der Waals surface area contributed by atoms with E-state index in [0.717, 1.165) is 12.8 Å². The summed E-state index contributed by atoms with van der Waals surface area (Å²) < 4.78 is 24.1. The van der Waals surface area contributed by atoms with Gasteiger partial charge in [0.25, 0.3) is 0 Å². The molecule has 1 aliphatic rings. The highest BCUT2D eigenvalue weighted by Gasteiger charge is 2.59. The Morgan fingerprint density at radius 2 is 2.00 bits per heavy atom. The van der Waals surface area contributed by atoms with Gasteiger partial charge in [0.1, 0.15) is 29.7 Å². The number of nitrogens with zero attached hydrogens (tertiary/aromatic N) is 4. The van der Waals surface area contributed by atoms with Gasteiger partial charge in [0.05, 0.1) is 12.4 Å². The number of aromatic nitrogens is 4. The normalized spacial score (nSPS) is 27.7. The Morgan fingerprint density at radius 3 is 2.65 bits per heavy atom. The van der Waals surface area contributed by atoms with Crippen molar-refractivity contribution in [3.8, 4) is 0 Å². The fourth-order valence-electron chi connectivity index (χ4n) is 4.03. The van der Waals surface area contributed by atoms with Crippen molar-refractivity contribution >= 4 is 24.8 Å². The van der Waals surface area contributed by atoms with Gasteiger partial charge >= 0.3 is 7.82 Å². The van der Waals surface area contributed by atoms with Gasteiger partial charge in [-0.2, -0.15) is 0 Å². The highest BCUT2D eigenvalue weighted by molar-refractivity contribution is 7.46. The smallest absolute Gasteiger partial charge is 0.385 e. The second-order valence-corrected chi connectivity index (χ2v) is 9.04. The van der Waals surface area contributed by atoms with Gasteiger partial charge in [0.15, 0.2) is 17.7 Å². The van der Waals surface area contributed by atoms with Crippen LogP contribution in [0, 0.1) is 0 Å². The van der Waals surface area contributed by atoms with Crippen molar-refractivity contribution in [3.05, 3.63) is 12.7 Å². The molecule has 1 fully saturated rings. The predicted molar refractivity (Wildman–Crippen MR) is 111 cm³/mol. The summed E-state index contributed by atoms with van der Waals surface area (Å²) in [6.07, 6.45) is 0.796. The van der Waals surface area contributed by atoms with E-state index in [-0.39, 0.29) is 18.7 Å². The van der Waals surface area contributed by atoms with E-state index in [1.165, 1.54) is 17.2 Å². The Balaban J connectivity index is 2.02. The van der Waals surface area contributed by atoms with Crippen LogP contribution in [0.2, 0.25) is 0 Å². The number of phosphoric acid groups is 1. The van der Waals surface area contributed by atoms with Gasteiger partial charge < -0.3 is 30.5 Å². The molecule has 0 aliphatic carbocycles. The topological polar surface area (TPSA) is 186 Å². The molecule has 12 nitrogen and oxygen atoms in total. The molecule has 6 N–H and O–H groups in total. The maximum atomic E-state index is 11.6. The third-order valence-electron chi connectivity index (χ3n) is 5.61. The molecular formula is C18H30N5O7P. The van der Waals surface area contributed by atoms with Crippen LogP contribution in [0.25, 0.3) is 11.2 Å². The highest BCUT2D eigenvalue weighted by Crippen LogP contribution is 2.48. The Labute approximate surface area is 179 Å². The number of rotatable bonds is 10. The molecule has 0 bridgehead atoms. The third-order valence-corrected chi connectivity index (χ3v) is 6.15. The number of fused-ring (bicyclic) bond motifs is 1. The van der Waals surface area contributed by atoms with E-state index in [9.17, 15) is 24.6 Å². The van der Waals surface area contributed by atoms with Gasteiger partial charge in [0.2, 0.25) is 0 Å². The lowest BCUT2D eigenvalue weighted by molar-refractivity contribution is -0.125. The quantitative estimate of drug-likeness (QED) is 0.322. The van der Waals surface area contributed by atoms with Gasteiger partial charge in [0, 0.05) is 0 Å². The number of aliphatic hydroxyl groups is 2. The molecule has 174 valence electrons. The zero-order valence-electron chi connectivity index (χ0n) is 17.5. The number of nitrogen functional groups attached to an aromatic ring is 1. The first-order chi connectivity index (χ1) is 14.6. The summed E-state index contributed by atoms with van der Waals surface area (Å²) in [4.78, 5) is 31.1. The second kappa shape index (κ2) is 9.45. The average molecular weight is 459 g/mol. The van der Waals surface area contributed by atoms with Crippen LogP contribution < -0.4 is 5.73 Å². The molecule has 0 saturated carbocycles. The molecule has 1 aliphatic heterocycles. The zero-order valence-corrected chi connectivity index (χ0v) is 18.4. The molecular weight excluding hydrogens is 429 g/mol. The summed E-state index contributed by atoms with van der Waals surface area (Å²) in [7, 11) is -4.87. The minimum Gasteiger partial charge on any atom is -0.385 e. The van der Waals surface area contributed by atoms with E-state index in [0.29, 0.717) is 24.0 Å². The van der Waals surface area contributed by atoms with Gasteiger partial charge in [-0.25, -0.2) is 19.5 Å². The van der Waals surface area contributed by atoms with Crippen LogP contribution in [-0.4, -0.2) is 63.4 Å². The van der Waals surface area contributed by atoms with E-state index in [1.54, 1.807) is 0 Å². The number of aliphatic hydroxyl groups excluding tert-OH is 1. The van der Waals surface area contributed by atoms with E-state index in [1.807, 2.05) is 13.8 Å². The molecule has 0 aromatic carbocycles. The fraction of sp³-hybridized carbons (Fsp3) is 0.722. The maximum Gasteiger partial charge on any atom is 0.469 e. The molecule has 0 spiro atoms. The Kier molecular flexibility index (Phi) is 7.32. The highest BCUT2D eigenvalue weighted by atomic mass is 31.2. The van der Waals surface area contributed by atoms with Crippen molar-refractivity contribution in [1.82, 2.24) is 19.5 Å². The number of phosphoric ester groups is 1. The van der Waals surface area contributed by atoms with Crippen LogP contribution in [0.5, 0.6) is 0 Å². The van der Waals surface area contributed by atoms with E-state index < -0.39 is 38.0 Å². The molecule has 1 saturated heterocycles. The molecule has 0 amide bonds. The lowest BCUT2D eigenvalue weighted by Crippen LogP contribution is -2.52. The molecule has 31 heavy (non-hydrogen) atoms. The molecule has 13 heteroatoms. The van der Waals surface area contributed by atoms with E-state index >= 15 is 0 Å². The number of unbranched alkanes of at least 4 members (excludes halogenated alkanes) is 2. The van der Waals surface area contributed by atoms with Crippen LogP contribution in [-0.2, 0) is 13.8 Å². The van der Waals surface area contributed by atoms with Crippen LogP contribution >= 0.6 is 7.82 Å². The number of nitrogens with two attached hydrogens (primary N) is 1. The van der Waals surface area contributed by atoms with Gasteiger partial charge in [-0.1, -0.05) is 39.5 Å². The molecule has 3 rings (SSSR count). The number of imidazole rings is 1. The first-order valence-electron chi connectivity index (χ1n) is 10.3. The molecule has 5 atom stereocenters. The summed E-state index contributed by atoms with van der Waals surface area (Å²) in [5, 5.41) is 22.6. The fourth-order valence-corrected chi connectivity index (χ4v) is 4.60. The predicted octanol–water partition coefficient (Wildman–Crippen LogP) is 1.26. The molecule has 2 aromatic heterocycles. The summed E-state index contributed by atoms with van der Waals surface area (Å²) in [6.45, 7) is 3.86.